The number of ether oxygens (including phenoxy) is 4. The second-order valence-corrected chi connectivity index (χ2v) is 30.2. The van der Waals surface area contributed by atoms with Crippen LogP contribution in [0.2, 0.25) is 0 Å². The van der Waals surface area contributed by atoms with E-state index in [0.29, 0.717) is 25.7 Å². The molecule has 0 heterocycles. The van der Waals surface area contributed by atoms with Crippen molar-refractivity contribution in [2.45, 2.75) is 341 Å². The SMILES string of the molecule is CC/C=C\C/C=C\C/C=C\C/C=C\C/C=C\CCCCCC(=O)OCC(COP(=O)(O)OCC(O)COP(=O)(O)OCC(COC(=O)CCCCCC/C=C\C/C=C\C/C=C\C/C=C\CC)OC(=O)CCCCCC/C=C\C/C=C\C/C=C\C/C=C\CC)OC(=O)CCCCCCCCCCCCCCCCC. The zero-order valence-electron chi connectivity index (χ0n) is 67.5. The van der Waals surface area contributed by atoms with Gasteiger partial charge in [0.05, 0.1) is 26.4 Å². The number of rotatable bonds is 77. The van der Waals surface area contributed by atoms with E-state index in [1.54, 1.807) is 0 Å². The van der Waals surface area contributed by atoms with Crippen molar-refractivity contribution < 1.29 is 80.2 Å². The highest BCUT2D eigenvalue weighted by molar-refractivity contribution is 7.47. The van der Waals surface area contributed by atoms with Gasteiger partial charge < -0.3 is 33.8 Å². The first kappa shape index (κ1) is 103. The Hall–Kier alpha value is -5.32. The predicted molar refractivity (Wildman–Crippen MR) is 445 cm³/mol. The Morgan fingerprint density at radius 3 is 0.750 bits per heavy atom. The van der Waals surface area contributed by atoms with Crippen molar-refractivity contribution in [1.29, 1.82) is 0 Å². The van der Waals surface area contributed by atoms with Crippen molar-refractivity contribution in [2.75, 3.05) is 39.6 Å². The first-order valence-electron chi connectivity index (χ1n) is 41.7. The molecule has 0 amide bonds. The van der Waals surface area contributed by atoms with Crippen LogP contribution < -0.4 is 0 Å². The van der Waals surface area contributed by atoms with Gasteiger partial charge in [-0.15, -0.1) is 0 Å². The summed E-state index contributed by atoms with van der Waals surface area (Å²) in [6, 6.07) is 0. The lowest BCUT2D eigenvalue weighted by atomic mass is 10.0. The summed E-state index contributed by atoms with van der Waals surface area (Å²) in [5.41, 5.74) is 0. The predicted octanol–water partition coefficient (Wildman–Crippen LogP) is 24.8. The minimum Gasteiger partial charge on any atom is -0.462 e. The number of carbonyl (C=O) groups excluding carboxylic acids is 4. The van der Waals surface area contributed by atoms with E-state index in [2.05, 4.69) is 186 Å². The maximum absolute atomic E-state index is 13.1. The van der Waals surface area contributed by atoms with Crippen LogP contribution in [0, 0.1) is 0 Å². The zero-order valence-corrected chi connectivity index (χ0v) is 69.3. The summed E-state index contributed by atoms with van der Waals surface area (Å²) in [6.45, 7) is 4.47. The quantitative estimate of drug-likeness (QED) is 0.0169. The van der Waals surface area contributed by atoms with Gasteiger partial charge in [-0.1, -0.05) is 308 Å². The van der Waals surface area contributed by atoms with Crippen LogP contribution in [-0.2, 0) is 65.4 Å². The average Bonchev–Trinajstić information content (AvgIpc) is 0.901. The molecule has 19 heteroatoms. The van der Waals surface area contributed by atoms with Gasteiger partial charge in [0.1, 0.15) is 19.3 Å². The van der Waals surface area contributed by atoms with Crippen molar-refractivity contribution in [3.63, 3.8) is 0 Å². The molecule has 0 fully saturated rings. The largest absolute Gasteiger partial charge is 0.472 e. The fourth-order valence-corrected chi connectivity index (χ4v) is 12.3. The molecule has 0 aromatic carbocycles. The summed E-state index contributed by atoms with van der Waals surface area (Å²) in [5.74, 6) is -2.26. The van der Waals surface area contributed by atoms with Crippen LogP contribution in [0.15, 0.2) is 158 Å². The molecule has 5 unspecified atom stereocenters. The fourth-order valence-electron chi connectivity index (χ4n) is 10.8. The Morgan fingerprint density at radius 1 is 0.269 bits per heavy atom. The average molecular weight is 1550 g/mol. The third-order valence-corrected chi connectivity index (χ3v) is 18.9. The lowest BCUT2D eigenvalue weighted by molar-refractivity contribution is -0.161. The number of carbonyl (C=O) groups is 4. The summed E-state index contributed by atoms with van der Waals surface area (Å²) in [4.78, 5) is 73.2. The van der Waals surface area contributed by atoms with Gasteiger partial charge in [-0.3, -0.25) is 37.3 Å². The lowest BCUT2D eigenvalue weighted by Crippen LogP contribution is -2.30. The van der Waals surface area contributed by atoms with Gasteiger partial charge in [0.25, 0.3) is 0 Å². The van der Waals surface area contributed by atoms with E-state index in [1.165, 1.54) is 64.2 Å². The fraction of sp³-hybridized carbons (Fsp3) is 0.663. The van der Waals surface area contributed by atoms with Crippen LogP contribution in [0.1, 0.15) is 323 Å². The van der Waals surface area contributed by atoms with Gasteiger partial charge in [0.2, 0.25) is 0 Å². The molecule has 0 aliphatic heterocycles. The second-order valence-electron chi connectivity index (χ2n) is 27.3. The molecular formula is C89H148O17P2. The van der Waals surface area contributed by atoms with Crippen LogP contribution >= 0.6 is 15.6 Å². The highest BCUT2D eigenvalue weighted by atomic mass is 31.2. The summed E-state index contributed by atoms with van der Waals surface area (Å²) in [6.07, 6.45) is 93.5. The number of aliphatic hydroxyl groups excluding tert-OH is 1. The third kappa shape index (κ3) is 78.8. The van der Waals surface area contributed by atoms with Crippen LogP contribution in [0.3, 0.4) is 0 Å². The molecule has 0 saturated heterocycles. The molecule has 0 aromatic heterocycles. The smallest absolute Gasteiger partial charge is 0.462 e. The monoisotopic (exact) mass is 1550 g/mol. The molecule has 0 spiro atoms. The zero-order chi connectivity index (χ0) is 78.9. The molecule has 0 aliphatic rings. The van der Waals surface area contributed by atoms with Crippen molar-refractivity contribution in [3.8, 4) is 0 Å². The molecule has 616 valence electrons. The number of hydrogen-bond acceptors (Lipinski definition) is 15. The Labute approximate surface area is 655 Å². The van der Waals surface area contributed by atoms with E-state index in [-0.39, 0.29) is 25.7 Å². The highest BCUT2D eigenvalue weighted by Crippen LogP contribution is 2.45. The summed E-state index contributed by atoms with van der Waals surface area (Å²) in [7, 11) is -10.00. The standard InChI is InChI=1S/C89H148O17P2/c1-5-9-13-17-21-25-29-33-37-40-41-44-47-50-54-58-62-66-70-74-87(92)100-79-84(105-88(93)75-71-67-63-59-55-51-45-36-32-28-24-20-16-12-8-4)81-103-107(95,96)101-77-83(90)78-102-108(97,98)104-82-85(106-89(94)76-72-68-64-60-56-52-48-43-39-35-31-27-23-19-15-11-7-3)80-99-86(91)73-69-65-61-57-53-49-46-42-38-34-30-26-22-18-14-10-6-2/h9-11,13-15,21-23,25-27,33-35,37-39,41,44,46,48-50,52,54,83-85,90H,5-8,12,16-20,24,28-32,36,40,42-43,45,47,51,53,55-82H2,1-4H3,(H,95,96)(H,97,98)/b13-9-,14-10-,15-11-,25-21-,26-22-,27-23-,37-33-,38-34-,39-35-,44-41-,49-46-,52-48-,54-50-. The van der Waals surface area contributed by atoms with E-state index in [4.69, 9.17) is 37.0 Å². The molecule has 5 atom stereocenters. The third-order valence-electron chi connectivity index (χ3n) is 17.0. The van der Waals surface area contributed by atoms with Gasteiger partial charge >= 0.3 is 39.5 Å². The molecule has 108 heavy (non-hydrogen) atoms. The molecule has 0 saturated carbocycles. The summed E-state index contributed by atoms with van der Waals surface area (Å²) >= 11 is 0. The van der Waals surface area contributed by atoms with E-state index >= 15 is 0 Å². The maximum Gasteiger partial charge on any atom is 0.472 e. The van der Waals surface area contributed by atoms with E-state index < -0.39 is 97.5 Å². The van der Waals surface area contributed by atoms with Gasteiger partial charge in [-0.2, -0.15) is 0 Å². The highest BCUT2D eigenvalue weighted by Gasteiger charge is 2.30. The number of aliphatic hydroxyl groups is 1. The molecular weight excluding hydrogens is 1400 g/mol. The van der Waals surface area contributed by atoms with Gasteiger partial charge in [-0.25, -0.2) is 9.13 Å². The topological polar surface area (TPSA) is 237 Å². The Balaban J connectivity index is 5.45. The molecule has 0 rings (SSSR count). The van der Waals surface area contributed by atoms with E-state index in [1.807, 2.05) is 0 Å². The minimum atomic E-state index is -5.00. The normalized spacial score (nSPS) is 14.6. The first-order chi connectivity index (χ1) is 52.7. The molecule has 0 aliphatic carbocycles. The van der Waals surface area contributed by atoms with Crippen LogP contribution in [-0.4, -0.2) is 96.7 Å². The van der Waals surface area contributed by atoms with Gasteiger partial charge in [0.15, 0.2) is 12.2 Å². The number of unbranched alkanes of at least 4 members (excludes halogenated alkanes) is 25. The molecule has 0 radical (unpaired) electrons. The van der Waals surface area contributed by atoms with E-state index in [0.717, 1.165) is 180 Å². The molecule has 0 bridgehead atoms. The minimum absolute atomic E-state index is 0.0559. The van der Waals surface area contributed by atoms with Crippen LogP contribution in [0.25, 0.3) is 0 Å². The van der Waals surface area contributed by atoms with Crippen molar-refractivity contribution in [2.24, 2.45) is 0 Å². The molecule has 17 nitrogen and oxygen atoms in total. The van der Waals surface area contributed by atoms with E-state index in [9.17, 15) is 43.2 Å². The number of esters is 4. The van der Waals surface area contributed by atoms with Crippen molar-refractivity contribution >= 4 is 39.5 Å². The Bertz CT molecular complexity index is 2660. The number of hydrogen-bond donors (Lipinski definition) is 3. The number of phosphoric ester groups is 2. The Kier molecular flexibility index (Phi) is 75.8. The van der Waals surface area contributed by atoms with Crippen molar-refractivity contribution in [1.82, 2.24) is 0 Å². The van der Waals surface area contributed by atoms with Crippen LogP contribution in [0.4, 0.5) is 0 Å². The maximum atomic E-state index is 13.1. The van der Waals surface area contributed by atoms with Crippen LogP contribution in [0.5, 0.6) is 0 Å². The number of phosphoric acid groups is 2. The summed E-state index contributed by atoms with van der Waals surface area (Å²) in [5, 5.41) is 10.7. The molecule has 3 N–H and O–H groups in total. The molecule has 0 aromatic rings. The van der Waals surface area contributed by atoms with Gasteiger partial charge in [-0.05, 0) is 148 Å². The lowest BCUT2D eigenvalue weighted by Gasteiger charge is -2.21. The number of allylic oxidation sites excluding steroid dienone is 26. The van der Waals surface area contributed by atoms with Gasteiger partial charge in [0, 0.05) is 25.7 Å². The second kappa shape index (κ2) is 79.8. The first-order valence-corrected chi connectivity index (χ1v) is 44.7. The Morgan fingerprint density at radius 2 is 0.481 bits per heavy atom. The van der Waals surface area contributed by atoms with Crippen molar-refractivity contribution in [3.05, 3.63) is 158 Å². The summed E-state index contributed by atoms with van der Waals surface area (Å²) < 4.78 is 68.7.